The Morgan fingerprint density at radius 1 is 0.870 bits per heavy atom. The Bertz CT molecular complexity index is 619. The molecule has 0 aromatic heterocycles. The van der Waals surface area contributed by atoms with Crippen LogP contribution in [-0.2, 0) is 5.41 Å². The summed E-state index contributed by atoms with van der Waals surface area (Å²) in [5.41, 5.74) is 4.41. The predicted molar refractivity (Wildman–Crippen MR) is 96.9 cm³/mol. The van der Waals surface area contributed by atoms with E-state index in [4.69, 9.17) is 0 Å². The first kappa shape index (κ1) is 16.1. The fraction of sp³-hybridized carbons (Fsp3) is 0.455. The Morgan fingerprint density at radius 2 is 1.39 bits per heavy atom. The van der Waals surface area contributed by atoms with Crippen LogP contribution in [0.3, 0.4) is 0 Å². The van der Waals surface area contributed by atoms with E-state index in [-0.39, 0.29) is 5.41 Å². The van der Waals surface area contributed by atoms with Crippen molar-refractivity contribution in [2.45, 2.75) is 52.4 Å². The third-order valence-corrected chi connectivity index (χ3v) is 5.40. The van der Waals surface area contributed by atoms with Crippen LogP contribution < -0.4 is 0 Å². The third kappa shape index (κ3) is 3.15. The molecule has 0 radical (unpaired) electrons. The van der Waals surface area contributed by atoms with E-state index in [2.05, 4.69) is 64.1 Å². The third-order valence-electron chi connectivity index (χ3n) is 5.40. The van der Waals surface area contributed by atoms with Crippen molar-refractivity contribution < 1.29 is 5.11 Å². The quantitative estimate of drug-likeness (QED) is 0.739. The van der Waals surface area contributed by atoms with Gasteiger partial charge in [0.2, 0.25) is 0 Å². The molecule has 1 N–H and O–H groups in total. The van der Waals surface area contributed by atoms with Crippen LogP contribution >= 0.6 is 0 Å². The van der Waals surface area contributed by atoms with Crippen LogP contribution in [0.1, 0.15) is 56.7 Å². The second kappa shape index (κ2) is 5.70. The topological polar surface area (TPSA) is 20.2 Å². The highest BCUT2D eigenvalue weighted by Crippen LogP contribution is 2.53. The molecule has 2 aromatic carbocycles. The number of hydrogen-bond acceptors (Lipinski definition) is 1. The Hall–Kier alpha value is -1.76. The number of aromatic hydroxyl groups is 1. The molecule has 1 nitrogen and oxygen atoms in total. The van der Waals surface area contributed by atoms with Crippen molar-refractivity contribution in [1.29, 1.82) is 0 Å². The Balaban J connectivity index is 2.16. The van der Waals surface area contributed by atoms with Crippen molar-refractivity contribution in [3.05, 3.63) is 65.2 Å². The summed E-state index contributed by atoms with van der Waals surface area (Å²) in [7, 11) is 0. The van der Waals surface area contributed by atoms with Crippen LogP contribution in [0.15, 0.2) is 48.5 Å². The molecule has 0 bridgehead atoms. The lowest BCUT2D eigenvalue weighted by Crippen LogP contribution is -2.41. The van der Waals surface area contributed by atoms with E-state index in [0.29, 0.717) is 17.1 Å². The molecule has 1 aliphatic rings. The molecule has 3 rings (SSSR count). The van der Waals surface area contributed by atoms with E-state index in [1.165, 1.54) is 29.5 Å². The molecule has 0 aliphatic heterocycles. The lowest BCUT2D eigenvalue weighted by Gasteiger charge is -2.48. The number of aryl methyl sites for hydroxylation is 1. The van der Waals surface area contributed by atoms with Gasteiger partial charge >= 0.3 is 0 Å². The van der Waals surface area contributed by atoms with Crippen molar-refractivity contribution in [2.75, 3.05) is 0 Å². The monoisotopic (exact) mass is 308 g/mol. The number of phenolic OH excluding ortho intramolecular Hbond substituents is 1. The van der Waals surface area contributed by atoms with Crippen molar-refractivity contribution in [1.82, 2.24) is 0 Å². The smallest absolute Gasteiger partial charge is 0.115 e. The summed E-state index contributed by atoms with van der Waals surface area (Å²) in [6.07, 6.45) is 3.60. The molecule has 1 heteroatoms. The highest BCUT2D eigenvalue weighted by Gasteiger charge is 2.44. The average Bonchev–Trinajstić information content (AvgIpc) is 2.46. The van der Waals surface area contributed by atoms with Crippen LogP contribution in [0.25, 0.3) is 0 Å². The molecule has 0 amide bonds. The molecule has 1 fully saturated rings. The van der Waals surface area contributed by atoms with Gasteiger partial charge in [0, 0.05) is 5.41 Å². The standard InChI is InChI=1S/C22H28O/c1-16-5-7-18(8-6-16)22(19-9-11-20(23)12-10-19)14-17(2)13-21(3,4)15-22/h5-12,17,23H,13-15H2,1-4H3. The van der Waals surface area contributed by atoms with E-state index >= 15 is 0 Å². The number of rotatable bonds is 2. The van der Waals surface area contributed by atoms with Gasteiger partial charge in [0.05, 0.1) is 0 Å². The maximum atomic E-state index is 9.70. The van der Waals surface area contributed by atoms with E-state index < -0.39 is 0 Å². The van der Waals surface area contributed by atoms with E-state index in [1.807, 2.05) is 12.1 Å². The van der Waals surface area contributed by atoms with Gasteiger partial charge < -0.3 is 5.11 Å². The number of benzene rings is 2. The van der Waals surface area contributed by atoms with Gasteiger partial charge in [-0.3, -0.25) is 0 Å². The molecular formula is C22H28O. The van der Waals surface area contributed by atoms with Gasteiger partial charge in [0.1, 0.15) is 5.75 Å². The summed E-state index contributed by atoms with van der Waals surface area (Å²) in [5.74, 6) is 1.03. The summed E-state index contributed by atoms with van der Waals surface area (Å²) in [6.45, 7) is 9.31. The van der Waals surface area contributed by atoms with Gasteiger partial charge in [-0.05, 0) is 60.8 Å². The first-order chi connectivity index (χ1) is 10.8. The minimum atomic E-state index is 0.0442. The van der Waals surface area contributed by atoms with E-state index in [0.717, 1.165) is 6.42 Å². The fourth-order valence-corrected chi connectivity index (χ4v) is 4.83. The maximum absolute atomic E-state index is 9.70. The summed E-state index contributed by atoms with van der Waals surface area (Å²) in [5, 5.41) is 9.70. The van der Waals surface area contributed by atoms with Crippen LogP contribution in [-0.4, -0.2) is 5.11 Å². The van der Waals surface area contributed by atoms with Crippen LogP contribution in [0, 0.1) is 18.3 Å². The van der Waals surface area contributed by atoms with Crippen molar-refractivity contribution >= 4 is 0 Å². The average molecular weight is 308 g/mol. The largest absolute Gasteiger partial charge is 0.508 e. The van der Waals surface area contributed by atoms with Gasteiger partial charge in [-0.2, -0.15) is 0 Å². The lowest BCUT2D eigenvalue weighted by atomic mass is 9.55. The van der Waals surface area contributed by atoms with Crippen molar-refractivity contribution in [2.24, 2.45) is 11.3 Å². The molecule has 2 atom stereocenters. The van der Waals surface area contributed by atoms with Crippen molar-refractivity contribution in [3.63, 3.8) is 0 Å². The zero-order chi connectivity index (χ0) is 16.7. The fourth-order valence-electron chi connectivity index (χ4n) is 4.83. The molecule has 0 heterocycles. The highest BCUT2D eigenvalue weighted by atomic mass is 16.3. The summed E-state index contributed by atoms with van der Waals surface area (Å²) < 4.78 is 0. The van der Waals surface area contributed by atoms with Gasteiger partial charge in [-0.1, -0.05) is 62.7 Å². The van der Waals surface area contributed by atoms with Crippen molar-refractivity contribution in [3.8, 4) is 5.75 Å². The Kier molecular flexibility index (Phi) is 4.00. The Labute approximate surface area is 140 Å². The molecule has 122 valence electrons. The molecule has 0 spiro atoms. The lowest BCUT2D eigenvalue weighted by molar-refractivity contribution is 0.127. The summed E-state index contributed by atoms with van der Waals surface area (Å²) in [6, 6.07) is 16.9. The predicted octanol–water partition coefficient (Wildman–Crippen LogP) is 5.83. The zero-order valence-corrected chi connectivity index (χ0v) is 14.8. The SMILES string of the molecule is Cc1ccc(C2(c3ccc(O)cc3)CC(C)CC(C)(C)C2)cc1. The first-order valence-corrected chi connectivity index (χ1v) is 8.67. The normalized spacial score (nSPS) is 26.9. The molecule has 2 unspecified atom stereocenters. The van der Waals surface area contributed by atoms with Gasteiger partial charge in [-0.15, -0.1) is 0 Å². The molecule has 0 saturated heterocycles. The summed E-state index contributed by atoms with van der Waals surface area (Å²) >= 11 is 0. The minimum Gasteiger partial charge on any atom is -0.508 e. The Morgan fingerprint density at radius 3 is 1.91 bits per heavy atom. The van der Waals surface area contributed by atoms with E-state index in [1.54, 1.807) is 0 Å². The van der Waals surface area contributed by atoms with E-state index in [9.17, 15) is 5.11 Å². The van der Waals surface area contributed by atoms with Gasteiger partial charge in [-0.25, -0.2) is 0 Å². The molecule has 1 aliphatic carbocycles. The first-order valence-electron chi connectivity index (χ1n) is 8.67. The highest BCUT2D eigenvalue weighted by molar-refractivity contribution is 5.43. The summed E-state index contributed by atoms with van der Waals surface area (Å²) in [4.78, 5) is 0. The van der Waals surface area contributed by atoms with Crippen LogP contribution in [0.5, 0.6) is 5.75 Å². The zero-order valence-electron chi connectivity index (χ0n) is 14.8. The van der Waals surface area contributed by atoms with Crippen LogP contribution in [0.2, 0.25) is 0 Å². The second-order valence-corrected chi connectivity index (χ2v) is 8.35. The van der Waals surface area contributed by atoms with Crippen LogP contribution in [0.4, 0.5) is 0 Å². The van der Waals surface area contributed by atoms with Gasteiger partial charge in [0.15, 0.2) is 0 Å². The minimum absolute atomic E-state index is 0.0442. The molecule has 1 saturated carbocycles. The molecular weight excluding hydrogens is 280 g/mol. The molecule has 2 aromatic rings. The maximum Gasteiger partial charge on any atom is 0.115 e. The second-order valence-electron chi connectivity index (χ2n) is 8.35. The number of hydrogen-bond donors (Lipinski definition) is 1. The molecule has 23 heavy (non-hydrogen) atoms. The number of phenols is 1. The van der Waals surface area contributed by atoms with Gasteiger partial charge in [0.25, 0.3) is 0 Å².